The van der Waals surface area contributed by atoms with Gasteiger partial charge < -0.3 is 19.3 Å². The van der Waals surface area contributed by atoms with Crippen molar-refractivity contribution in [1.29, 1.82) is 0 Å². The van der Waals surface area contributed by atoms with Crippen LogP contribution in [0.4, 0.5) is 17.1 Å². The predicted molar refractivity (Wildman–Crippen MR) is 168 cm³/mol. The Morgan fingerprint density at radius 2 is 0.950 bits per heavy atom. The number of aryl methyl sites for hydroxylation is 1. The van der Waals surface area contributed by atoms with Crippen LogP contribution in [-0.2, 0) is 27.4 Å². The molecule has 0 bridgehead atoms. The van der Waals surface area contributed by atoms with E-state index in [1.807, 2.05) is 6.92 Å². The van der Waals surface area contributed by atoms with Crippen LogP contribution in [-0.4, -0.2) is 55.3 Å². The van der Waals surface area contributed by atoms with Crippen LogP contribution in [0.25, 0.3) is 0 Å². The fraction of sp³-hybridized carbons (Fsp3) is 0.250. The van der Waals surface area contributed by atoms with Gasteiger partial charge in [0.05, 0.1) is 15.8 Å². The molecule has 0 N–H and O–H groups in total. The van der Waals surface area contributed by atoms with Crippen LogP contribution >= 0.6 is 0 Å². The maximum Gasteiger partial charge on any atom is 0.168 e. The summed E-state index contributed by atoms with van der Waals surface area (Å²) >= 11 is 0. The van der Waals surface area contributed by atoms with E-state index < -0.39 is 10.1 Å². The third-order valence-electron chi connectivity index (χ3n) is 6.33. The second-order valence-electron chi connectivity index (χ2n) is 9.93. The van der Waals surface area contributed by atoms with Gasteiger partial charge in [-0.15, -0.1) is 0 Å². The lowest BCUT2D eigenvalue weighted by molar-refractivity contribution is 0.463. The molecule has 6 nitrogen and oxygen atoms in total. The van der Waals surface area contributed by atoms with Crippen LogP contribution in [0.15, 0.2) is 117 Å². The van der Waals surface area contributed by atoms with Gasteiger partial charge in [-0.1, -0.05) is 37.3 Å². The molecule has 4 aromatic rings. The molecule has 0 aliphatic heterocycles. The zero-order valence-corrected chi connectivity index (χ0v) is 26.0. The van der Waals surface area contributed by atoms with Crippen molar-refractivity contribution < 1.29 is 13.0 Å². The second-order valence-corrected chi connectivity index (χ2v) is 13.3. The van der Waals surface area contributed by atoms with E-state index in [9.17, 15) is 13.0 Å². The summed E-state index contributed by atoms with van der Waals surface area (Å²) in [6.07, 6.45) is 0.833. The predicted octanol–water partition coefficient (Wildman–Crippen LogP) is 6.13. The molecule has 0 spiro atoms. The van der Waals surface area contributed by atoms with Crippen molar-refractivity contribution >= 4 is 38.1 Å². The first-order valence-electron chi connectivity index (χ1n) is 13.0. The Bertz CT molecular complexity index is 1380. The number of anilines is 3. The first-order chi connectivity index (χ1) is 18.9. The van der Waals surface area contributed by atoms with Gasteiger partial charge in [0.15, 0.2) is 14.7 Å². The average Bonchev–Trinajstić information content (AvgIpc) is 2.93. The highest BCUT2D eigenvalue weighted by atomic mass is 32.2. The summed E-state index contributed by atoms with van der Waals surface area (Å²) < 4.78 is 31.4. The maximum atomic E-state index is 10.5. The molecule has 0 radical (unpaired) electrons. The third-order valence-corrected chi connectivity index (χ3v) is 9.35. The minimum atomic E-state index is -4.28. The second kappa shape index (κ2) is 13.7. The van der Waals surface area contributed by atoms with Crippen LogP contribution in [0.1, 0.15) is 12.5 Å². The van der Waals surface area contributed by atoms with Gasteiger partial charge in [0.25, 0.3) is 0 Å². The summed E-state index contributed by atoms with van der Waals surface area (Å²) in [5.41, 5.74) is 4.69. The highest BCUT2D eigenvalue weighted by molar-refractivity contribution is 7.97. The number of nitrogens with zero attached hydrogens (tertiary/aromatic N) is 3. The topological polar surface area (TPSA) is 66.9 Å². The minimum Gasteiger partial charge on any atom is -0.744 e. The normalized spacial score (nSPS) is 11.0. The van der Waals surface area contributed by atoms with Crippen molar-refractivity contribution in [2.24, 2.45) is 0 Å². The first kappa shape index (κ1) is 31.1. The molecule has 4 rings (SSSR count). The summed E-state index contributed by atoms with van der Waals surface area (Å²) in [4.78, 5) is 10.3. The Morgan fingerprint density at radius 3 is 1.23 bits per heavy atom. The molecular formula is C32H39N3O3S2. The van der Waals surface area contributed by atoms with E-state index in [0.717, 1.165) is 12.0 Å². The highest BCUT2D eigenvalue weighted by Gasteiger charge is 2.30. The monoisotopic (exact) mass is 577 g/mol. The molecule has 0 aliphatic rings. The average molecular weight is 578 g/mol. The zero-order valence-electron chi connectivity index (χ0n) is 24.3. The van der Waals surface area contributed by atoms with Gasteiger partial charge in [-0.3, -0.25) is 0 Å². The van der Waals surface area contributed by atoms with Gasteiger partial charge >= 0.3 is 0 Å². The molecule has 4 aromatic carbocycles. The summed E-state index contributed by atoms with van der Waals surface area (Å²) in [6.45, 7) is 1.96. The Balaban J connectivity index is 0.000000307. The van der Waals surface area contributed by atoms with Gasteiger partial charge in [-0.25, -0.2) is 8.42 Å². The van der Waals surface area contributed by atoms with Crippen molar-refractivity contribution in [2.75, 3.05) is 57.0 Å². The Morgan fingerprint density at radius 1 is 0.600 bits per heavy atom. The van der Waals surface area contributed by atoms with Crippen molar-refractivity contribution in [2.45, 2.75) is 32.9 Å². The maximum absolute atomic E-state index is 10.5. The fourth-order valence-electron chi connectivity index (χ4n) is 3.97. The van der Waals surface area contributed by atoms with E-state index in [-0.39, 0.29) is 15.8 Å². The van der Waals surface area contributed by atoms with Gasteiger partial charge in [0.2, 0.25) is 0 Å². The standard InChI is InChI=1S/C24H30N3S.C8H10O3S/c1-25(2)19-10-7-13-22(16-19)28(23-14-8-11-20(17-23)26(3)4)24-15-9-12-21(18-24)27(5)6;1-2-7-3-5-8(6-4-7)12(9,10)11/h7-18H,1-6H3;3-6H,2H2,1H3,(H,9,10,11)/q+1;/p-1. The van der Waals surface area contributed by atoms with Gasteiger partial charge in [0.1, 0.15) is 10.1 Å². The lowest BCUT2D eigenvalue weighted by Crippen LogP contribution is -2.13. The SMILES string of the molecule is CCc1ccc(S(=O)(=O)[O-])cc1.CN(C)c1cccc([S+](c2cccc(N(C)C)c2)c2cccc(N(C)C)c2)c1. The summed E-state index contributed by atoms with van der Waals surface area (Å²) in [6, 6.07) is 32.6. The van der Waals surface area contributed by atoms with E-state index in [2.05, 4.69) is 130 Å². The number of benzene rings is 4. The number of hydrogen-bond acceptors (Lipinski definition) is 6. The van der Waals surface area contributed by atoms with Crippen molar-refractivity contribution in [3.63, 3.8) is 0 Å². The Hall–Kier alpha value is -3.46. The van der Waals surface area contributed by atoms with Crippen LogP contribution < -0.4 is 14.7 Å². The number of rotatable bonds is 8. The quantitative estimate of drug-likeness (QED) is 0.185. The first-order valence-corrected chi connectivity index (χ1v) is 15.6. The molecule has 0 saturated heterocycles. The van der Waals surface area contributed by atoms with Crippen molar-refractivity contribution in [1.82, 2.24) is 0 Å². The molecule has 8 heteroatoms. The lowest BCUT2D eigenvalue weighted by Gasteiger charge is -2.17. The molecule has 0 unspecified atom stereocenters. The van der Waals surface area contributed by atoms with Gasteiger partial charge in [-0.05, 0) is 60.5 Å². The molecular weight excluding hydrogens is 539 g/mol. The van der Waals surface area contributed by atoms with Crippen LogP contribution in [0.3, 0.4) is 0 Å². The van der Waals surface area contributed by atoms with Crippen molar-refractivity contribution in [3.05, 3.63) is 103 Å². The van der Waals surface area contributed by atoms with Crippen LogP contribution in [0.5, 0.6) is 0 Å². The molecule has 0 atom stereocenters. The summed E-state index contributed by atoms with van der Waals surface area (Å²) in [7, 11) is 8.11. The summed E-state index contributed by atoms with van der Waals surface area (Å²) in [5, 5.41) is 0. The highest BCUT2D eigenvalue weighted by Crippen LogP contribution is 2.35. The van der Waals surface area contributed by atoms with Crippen LogP contribution in [0.2, 0.25) is 0 Å². The minimum absolute atomic E-state index is 0.167. The Kier molecular flexibility index (Phi) is 10.7. The van der Waals surface area contributed by atoms with E-state index in [0.29, 0.717) is 0 Å². The van der Waals surface area contributed by atoms with E-state index in [4.69, 9.17) is 0 Å². The third kappa shape index (κ3) is 8.27. The largest absolute Gasteiger partial charge is 0.744 e. The van der Waals surface area contributed by atoms with E-state index in [1.165, 1.54) is 43.9 Å². The van der Waals surface area contributed by atoms with Crippen molar-refractivity contribution in [3.8, 4) is 0 Å². The van der Waals surface area contributed by atoms with Crippen LogP contribution in [0, 0.1) is 0 Å². The Labute approximate surface area is 243 Å². The smallest absolute Gasteiger partial charge is 0.168 e. The molecule has 0 aliphatic carbocycles. The summed E-state index contributed by atoms with van der Waals surface area (Å²) in [5.74, 6) is 0. The van der Waals surface area contributed by atoms with Gasteiger partial charge in [-0.2, -0.15) is 0 Å². The molecule has 0 heterocycles. The molecule has 0 amide bonds. The van der Waals surface area contributed by atoms with Gasteiger partial charge in [0, 0.05) is 77.5 Å². The zero-order chi connectivity index (χ0) is 29.4. The molecule has 0 fully saturated rings. The molecule has 0 saturated carbocycles. The molecule has 40 heavy (non-hydrogen) atoms. The number of hydrogen-bond donors (Lipinski definition) is 0. The van der Waals surface area contributed by atoms with E-state index in [1.54, 1.807) is 12.1 Å². The van der Waals surface area contributed by atoms with E-state index >= 15 is 0 Å². The lowest BCUT2D eigenvalue weighted by atomic mass is 10.2. The molecule has 0 aromatic heterocycles. The fourth-order valence-corrected chi connectivity index (χ4v) is 6.61. The molecule has 212 valence electrons.